The van der Waals surface area contributed by atoms with Crippen molar-refractivity contribution in [1.29, 1.82) is 0 Å². The number of benzene rings is 1. The summed E-state index contributed by atoms with van der Waals surface area (Å²) in [5.41, 5.74) is 5.29. The van der Waals surface area contributed by atoms with Gasteiger partial charge in [0, 0.05) is 18.0 Å². The standard InChI is InChI=1S/C16H20N2/c1-12-7-13(8-16(2,3)4)5-6-15(12)14-9-17-11-18-10-14/h5-7,9-11H,8H2,1-4H3. The first-order chi connectivity index (χ1) is 8.46. The maximum Gasteiger partial charge on any atom is 0.115 e. The lowest BCUT2D eigenvalue weighted by Crippen LogP contribution is -2.09. The first-order valence-electron chi connectivity index (χ1n) is 6.31. The van der Waals surface area contributed by atoms with Crippen LogP contribution in [0.1, 0.15) is 31.9 Å². The van der Waals surface area contributed by atoms with E-state index >= 15 is 0 Å². The molecule has 0 unspecified atom stereocenters. The molecule has 1 aromatic heterocycles. The first-order valence-corrected chi connectivity index (χ1v) is 6.31. The van der Waals surface area contributed by atoms with E-state index in [2.05, 4.69) is 55.9 Å². The minimum atomic E-state index is 0.323. The monoisotopic (exact) mass is 240 g/mol. The normalized spacial score (nSPS) is 11.6. The Morgan fingerprint density at radius 3 is 2.28 bits per heavy atom. The van der Waals surface area contributed by atoms with Gasteiger partial charge in [0.1, 0.15) is 6.33 Å². The Bertz CT molecular complexity index is 525. The molecule has 0 radical (unpaired) electrons. The average molecular weight is 240 g/mol. The van der Waals surface area contributed by atoms with Crippen LogP contribution in [-0.2, 0) is 6.42 Å². The minimum absolute atomic E-state index is 0.323. The Morgan fingerprint density at radius 1 is 1.06 bits per heavy atom. The van der Waals surface area contributed by atoms with Crippen LogP contribution in [0.2, 0.25) is 0 Å². The number of nitrogens with zero attached hydrogens (tertiary/aromatic N) is 2. The molecule has 1 aromatic carbocycles. The summed E-state index contributed by atoms with van der Waals surface area (Å²) < 4.78 is 0. The molecule has 0 saturated carbocycles. The van der Waals surface area contributed by atoms with Crippen molar-refractivity contribution < 1.29 is 0 Å². The van der Waals surface area contributed by atoms with Crippen LogP contribution in [0.25, 0.3) is 11.1 Å². The second kappa shape index (κ2) is 4.89. The quantitative estimate of drug-likeness (QED) is 0.791. The molecule has 0 aliphatic rings. The van der Waals surface area contributed by atoms with Crippen molar-refractivity contribution in [3.05, 3.63) is 48.0 Å². The van der Waals surface area contributed by atoms with E-state index in [9.17, 15) is 0 Å². The van der Waals surface area contributed by atoms with Gasteiger partial charge in [0.25, 0.3) is 0 Å². The summed E-state index contributed by atoms with van der Waals surface area (Å²) in [6, 6.07) is 6.66. The molecule has 0 amide bonds. The maximum atomic E-state index is 4.07. The van der Waals surface area contributed by atoms with Gasteiger partial charge in [-0.15, -0.1) is 0 Å². The molecule has 0 atom stereocenters. The molecule has 0 fully saturated rings. The summed E-state index contributed by atoms with van der Waals surface area (Å²) in [4.78, 5) is 8.15. The second-order valence-corrected chi connectivity index (χ2v) is 6.01. The van der Waals surface area contributed by atoms with E-state index in [0.29, 0.717) is 5.41 Å². The van der Waals surface area contributed by atoms with Gasteiger partial charge in [-0.05, 0) is 35.4 Å². The fourth-order valence-corrected chi connectivity index (χ4v) is 2.21. The van der Waals surface area contributed by atoms with Crippen LogP contribution in [0, 0.1) is 12.3 Å². The van der Waals surface area contributed by atoms with Gasteiger partial charge in [0.2, 0.25) is 0 Å². The molecule has 2 heteroatoms. The fraction of sp³-hybridized carbons (Fsp3) is 0.375. The molecule has 2 rings (SSSR count). The Labute approximate surface area is 109 Å². The van der Waals surface area contributed by atoms with Crippen LogP contribution in [0.5, 0.6) is 0 Å². The SMILES string of the molecule is Cc1cc(CC(C)(C)C)ccc1-c1cncnc1. The molecule has 2 nitrogen and oxygen atoms in total. The summed E-state index contributed by atoms with van der Waals surface area (Å²) in [6.45, 7) is 8.94. The largest absolute Gasteiger partial charge is 0.244 e. The molecular formula is C16H20N2. The van der Waals surface area contributed by atoms with Gasteiger partial charge in [-0.25, -0.2) is 9.97 Å². The average Bonchev–Trinajstić information content (AvgIpc) is 2.28. The molecule has 0 aliphatic carbocycles. The van der Waals surface area contributed by atoms with Crippen molar-refractivity contribution in [3.63, 3.8) is 0 Å². The molecule has 94 valence electrons. The topological polar surface area (TPSA) is 25.8 Å². The minimum Gasteiger partial charge on any atom is -0.244 e. The maximum absolute atomic E-state index is 4.07. The Balaban J connectivity index is 2.32. The predicted octanol–water partition coefficient (Wildman–Crippen LogP) is 4.04. The van der Waals surface area contributed by atoms with Crippen molar-refractivity contribution in [2.24, 2.45) is 5.41 Å². The summed E-state index contributed by atoms with van der Waals surface area (Å²) in [7, 11) is 0. The third-order valence-corrected chi connectivity index (χ3v) is 2.90. The van der Waals surface area contributed by atoms with Crippen LogP contribution in [0.4, 0.5) is 0 Å². The number of aromatic nitrogens is 2. The van der Waals surface area contributed by atoms with E-state index in [-0.39, 0.29) is 0 Å². The van der Waals surface area contributed by atoms with Gasteiger partial charge in [-0.3, -0.25) is 0 Å². The van der Waals surface area contributed by atoms with Crippen molar-refractivity contribution in [2.75, 3.05) is 0 Å². The van der Waals surface area contributed by atoms with Crippen molar-refractivity contribution in [2.45, 2.75) is 34.1 Å². The lowest BCUT2D eigenvalue weighted by atomic mass is 9.87. The molecule has 0 bridgehead atoms. The van der Waals surface area contributed by atoms with Gasteiger partial charge in [-0.2, -0.15) is 0 Å². The summed E-state index contributed by atoms with van der Waals surface area (Å²) in [5.74, 6) is 0. The van der Waals surface area contributed by atoms with E-state index in [1.165, 1.54) is 16.7 Å². The van der Waals surface area contributed by atoms with E-state index in [1.807, 2.05) is 12.4 Å². The molecule has 0 N–H and O–H groups in total. The highest BCUT2D eigenvalue weighted by atomic mass is 14.8. The van der Waals surface area contributed by atoms with Gasteiger partial charge in [0.05, 0.1) is 0 Å². The Hall–Kier alpha value is -1.70. The van der Waals surface area contributed by atoms with E-state index < -0.39 is 0 Å². The van der Waals surface area contributed by atoms with Gasteiger partial charge < -0.3 is 0 Å². The van der Waals surface area contributed by atoms with Gasteiger partial charge >= 0.3 is 0 Å². The van der Waals surface area contributed by atoms with E-state index in [4.69, 9.17) is 0 Å². The van der Waals surface area contributed by atoms with Gasteiger partial charge in [0.15, 0.2) is 0 Å². The van der Waals surface area contributed by atoms with Crippen LogP contribution >= 0.6 is 0 Å². The van der Waals surface area contributed by atoms with Crippen molar-refractivity contribution >= 4 is 0 Å². The molecule has 18 heavy (non-hydrogen) atoms. The summed E-state index contributed by atoms with van der Waals surface area (Å²) in [6.07, 6.45) is 6.38. The van der Waals surface area contributed by atoms with Crippen molar-refractivity contribution in [1.82, 2.24) is 9.97 Å². The van der Waals surface area contributed by atoms with Crippen molar-refractivity contribution in [3.8, 4) is 11.1 Å². The molecule has 0 aliphatic heterocycles. The number of hydrogen-bond acceptors (Lipinski definition) is 2. The highest BCUT2D eigenvalue weighted by Gasteiger charge is 2.12. The lowest BCUT2D eigenvalue weighted by Gasteiger charge is -2.19. The van der Waals surface area contributed by atoms with Gasteiger partial charge in [-0.1, -0.05) is 39.0 Å². The third kappa shape index (κ3) is 3.16. The molecule has 0 spiro atoms. The Morgan fingerprint density at radius 2 is 1.72 bits per heavy atom. The number of rotatable bonds is 2. The zero-order chi connectivity index (χ0) is 13.2. The zero-order valence-electron chi connectivity index (χ0n) is 11.6. The number of aryl methyl sites for hydroxylation is 1. The summed E-state index contributed by atoms with van der Waals surface area (Å²) >= 11 is 0. The number of hydrogen-bond donors (Lipinski definition) is 0. The molecule has 2 aromatic rings. The predicted molar refractivity (Wildman–Crippen MR) is 75.4 cm³/mol. The fourth-order valence-electron chi connectivity index (χ4n) is 2.21. The Kier molecular flexibility index (Phi) is 3.46. The molecular weight excluding hydrogens is 220 g/mol. The molecule has 0 saturated heterocycles. The van der Waals surface area contributed by atoms with E-state index in [0.717, 1.165) is 12.0 Å². The zero-order valence-corrected chi connectivity index (χ0v) is 11.6. The highest BCUT2D eigenvalue weighted by molar-refractivity contribution is 5.65. The van der Waals surface area contributed by atoms with Crippen LogP contribution < -0.4 is 0 Å². The highest BCUT2D eigenvalue weighted by Crippen LogP contribution is 2.26. The van der Waals surface area contributed by atoms with Crippen LogP contribution in [-0.4, -0.2) is 9.97 Å². The molecule has 1 heterocycles. The first kappa shape index (κ1) is 12.7. The lowest BCUT2D eigenvalue weighted by molar-refractivity contribution is 0.411. The summed E-state index contributed by atoms with van der Waals surface area (Å²) in [5, 5.41) is 0. The smallest absolute Gasteiger partial charge is 0.115 e. The van der Waals surface area contributed by atoms with E-state index in [1.54, 1.807) is 6.33 Å². The van der Waals surface area contributed by atoms with Crippen LogP contribution in [0.3, 0.4) is 0 Å². The second-order valence-electron chi connectivity index (χ2n) is 6.01. The van der Waals surface area contributed by atoms with Crippen LogP contribution in [0.15, 0.2) is 36.9 Å². The third-order valence-electron chi connectivity index (χ3n) is 2.90.